The first kappa shape index (κ1) is 16.6. The second kappa shape index (κ2) is 7.38. The van der Waals surface area contributed by atoms with Crippen LogP contribution in [0.2, 0.25) is 0 Å². The number of halogens is 2. The summed E-state index contributed by atoms with van der Waals surface area (Å²) in [7, 11) is 0. The van der Waals surface area contributed by atoms with E-state index in [9.17, 15) is 14.0 Å². The Labute approximate surface area is 125 Å². The second-order valence-electron chi connectivity index (χ2n) is 4.97. The summed E-state index contributed by atoms with van der Waals surface area (Å²) >= 11 is 3.11. The molecule has 0 fully saturated rings. The topological polar surface area (TPSA) is 66.4 Å². The predicted octanol–water partition coefficient (Wildman–Crippen LogP) is 3.06. The Morgan fingerprint density at radius 1 is 1.40 bits per heavy atom. The molecule has 0 saturated carbocycles. The predicted molar refractivity (Wildman–Crippen MR) is 77.0 cm³/mol. The third-order valence-electron chi connectivity index (χ3n) is 2.80. The van der Waals surface area contributed by atoms with Gasteiger partial charge in [-0.1, -0.05) is 19.9 Å². The van der Waals surface area contributed by atoms with Gasteiger partial charge in [-0.15, -0.1) is 0 Å². The number of aliphatic carboxylic acids is 1. The number of nitrogens with one attached hydrogen (secondary N) is 1. The lowest BCUT2D eigenvalue weighted by molar-refractivity contribution is -0.142. The van der Waals surface area contributed by atoms with Crippen molar-refractivity contribution in [3.05, 3.63) is 34.1 Å². The second-order valence-corrected chi connectivity index (χ2v) is 5.83. The van der Waals surface area contributed by atoms with Gasteiger partial charge in [-0.25, -0.2) is 4.39 Å². The van der Waals surface area contributed by atoms with Crippen LogP contribution in [-0.4, -0.2) is 23.5 Å². The number of carbonyl (C=O) groups excluding carboxylic acids is 1. The van der Waals surface area contributed by atoms with Gasteiger partial charge in [0.05, 0.1) is 11.5 Å². The molecule has 1 atom stereocenters. The molecule has 0 aliphatic carbocycles. The summed E-state index contributed by atoms with van der Waals surface area (Å²) in [5.74, 6) is -2.71. The molecule has 0 aliphatic rings. The Balaban J connectivity index is 2.73. The molecule has 0 radical (unpaired) electrons. The molecule has 0 saturated heterocycles. The highest BCUT2D eigenvalue weighted by Crippen LogP contribution is 2.19. The van der Waals surface area contributed by atoms with Crippen molar-refractivity contribution < 1.29 is 19.1 Å². The number of carboxylic acids is 1. The van der Waals surface area contributed by atoms with E-state index in [0.717, 1.165) is 0 Å². The van der Waals surface area contributed by atoms with Crippen LogP contribution in [0.3, 0.4) is 0 Å². The summed E-state index contributed by atoms with van der Waals surface area (Å²) in [6, 6.07) is 4.22. The Hall–Kier alpha value is -1.43. The van der Waals surface area contributed by atoms with Crippen molar-refractivity contribution in [1.82, 2.24) is 5.32 Å². The number of benzene rings is 1. The Morgan fingerprint density at radius 3 is 2.55 bits per heavy atom. The van der Waals surface area contributed by atoms with E-state index in [2.05, 4.69) is 21.2 Å². The van der Waals surface area contributed by atoms with Crippen molar-refractivity contribution in [3.63, 3.8) is 0 Å². The van der Waals surface area contributed by atoms with Crippen LogP contribution in [0.15, 0.2) is 22.7 Å². The number of amides is 1. The first-order valence-corrected chi connectivity index (χ1v) is 7.07. The van der Waals surface area contributed by atoms with Crippen LogP contribution >= 0.6 is 15.9 Å². The van der Waals surface area contributed by atoms with Gasteiger partial charge in [0.25, 0.3) is 5.91 Å². The lowest BCUT2D eigenvalue weighted by atomic mass is 9.97. The Kier molecular flexibility index (Phi) is 6.13. The van der Waals surface area contributed by atoms with Gasteiger partial charge in [0.2, 0.25) is 0 Å². The molecule has 6 heteroatoms. The van der Waals surface area contributed by atoms with Crippen LogP contribution < -0.4 is 5.32 Å². The molecule has 1 amide bonds. The van der Waals surface area contributed by atoms with E-state index in [1.807, 2.05) is 13.8 Å². The van der Waals surface area contributed by atoms with Crippen LogP contribution in [0.4, 0.5) is 4.39 Å². The van der Waals surface area contributed by atoms with Gasteiger partial charge in [-0.2, -0.15) is 0 Å². The molecular formula is C14H17BrFNO3. The lowest BCUT2D eigenvalue weighted by Gasteiger charge is -2.15. The lowest BCUT2D eigenvalue weighted by Crippen LogP contribution is -2.34. The third kappa shape index (κ3) is 4.59. The highest BCUT2D eigenvalue weighted by molar-refractivity contribution is 9.10. The van der Waals surface area contributed by atoms with Crippen molar-refractivity contribution in [2.75, 3.05) is 6.54 Å². The first-order valence-electron chi connectivity index (χ1n) is 6.28. The summed E-state index contributed by atoms with van der Waals surface area (Å²) in [6.07, 6.45) is 0.452. The number of carbonyl (C=O) groups is 2. The van der Waals surface area contributed by atoms with E-state index in [4.69, 9.17) is 5.11 Å². The molecule has 4 nitrogen and oxygen atoms in total. The van der Waals surface area contributed by atoms with Crippen LogP contribution in [-0.2, 0) is 4.79 Å². The van der Waals surface area contributed by atoms with Gasteiger partial charge in [-0.05, 0) is 40.4 Å². The third-order valence-corrected chi connectivity index (χ3v) is 3.46. The van der Waals surface area contributed by atoms with Crippen LogP contribution in [0.5, 0.6) is 0 Å². The normalized spacial score (nSPS) is 12.2. The highest BCUT2D eigenvalue weighted by atomic mass is 79.9. The molecular weight excluding hydrogens is 329 g/mol. The molecule has 0 aliphatic heterocycles. The summed E-state index contributed by atoms with van der Waals surface area (Å²) in [6.45, 7) is 3.80. The zero-order valence-corrected chi connectivity index (χ0v) is 12.9. The SMILES string of the molecule is CC(C)CC(CNC(=O)c1c(F)cccc1Br)C(=O)O. The number of hydrogen-bond donors (Lipinski definition) is 2. The summed E-state index contributed by atoms with van der Waals surface area (Å²) in [5, 5.41) is 11.6. The average Bonchev–Trinajstić information content (AvgIpc) is 2.33. The van der Waals surface area contributed by atoms with Crippen molar-refractivity contribution in [2.45, 2.75) is 20.3 Å². The fourth-order valence-electron chi connectivity index (χ4n) is 1.86. The van der Waals surface area contributed by atoms with Gasteiger partial charge in [0.15, 0.2) is 0 Å². The minimum Gasteiger partial charge on any atom is -0.481 e. The molecule has 0 bridgehead atoms. The molecule has 1 aromatic rings. The van der Waals surface area contributed by atoms with E-state index < -0.39 is 23.6 Å². The van der Waals surface area contributed by atoms with Gasteiger partial charge in [-0.3, -0.25) is 9.59 Å². The van der Waals surface area contributed by atoms with Crippen LogP contribution in [0.1, 0.15) is 30.6 Å². The standard InChI is InChI=1S/C14H17BrFNO3/c1-8(2)6-9(14(19)20)7-17-13(18)12-10(15)4-3-5-11(12)16/h3-5,8-9H,6-7H2,1-2H3,(H,17,18)(H,19,20). The van der Waals surface area contributed by atoms with Crippen LogP contribution in [0, 0.1) is 17.7 Å². The molecule has 110 valence electrons. The first-order chi connectivity index (χ1) is 9.32. The zero-order chi connectivity index (χ0) is 15.3. The quantitative estimate of drug-likeness (QED) is 0.832. The Bertz CT molecular complexity index is 485. The fraction of sp³-hybridized carbons (Fsp3) is 0.429. The number of rotatable bonds is 6. The van der Waals surface area contributed by atoms with E-state index in [-0.39, 0.29) is 18.0 Å². The maximum absolute atomic E-state index is 13.6. The van der Waals surface area contributed by atoms with Gasteiger partial charge < -0.3 is 10.4 Å². The highest BCUT2D eigenvalue weighted by Gasteiger charge is 2.21. The van der Waals surface area contributed by atoms with Crippen LogP contribution in [0.25, 0.3) is 0 Å². The summed E-state index contributed by atoms with van der Waals surface area (Å²) in [5.41, 5.74) is -0.110. The molecule has 0 aromatic heterocycles. The van der Waals surface area contributed by atoms with Gasteiger partial charge >= 0.3 is 5.97 Å². The number of carboxylic acid groups (broad SMARTS) is 1. The maximum Gasteiger partial charge on any atom is 0.308 e. The van der Waals surface area contributed by atoms with E-state index in [1.165, 1.54) is 12.1 Å². The molecule has 0 spiro atoms. The van der Waals surface area contributed by atoms with Crippen molar-refractivity contribution in [2.24, 2.45) is 11.8 Å². The van der Waals surface area contributed by atoms with E-state index >= 15 is 0 Å². The Morgan fingerprint density at radius 2 is 2.05 bits per heavy atom. The molecule has 2 N–H and O–H groups in total. The van der Waals surface area contributed by atoms with Gasteiger partial charge in [0.1, 0.15) is 5.82 Å². The number of hydrogen-bond acceptors (Lipinski definition) is 2. The maximum atomic E-state index is 13.6. The zero-order valence-electron chi connectivity index (χ0n) is 11.3. The van der Waals surface area contributed by atoms with E-state index in [1.54, 1.807) is 6.07 Å². The molecule has 1 unspecified atom stereocenters. The molecule has 20 heavy (non-hydrogen) atoms. The minimum absolute atomic E-state index is 0.0207. The summed E-state index contributed by atoms with van der Waals surface area (Å²) in [4.78, 5) is 23.0. The molecule has 1 aromatic carbocycles. The smallest absolute Gasteiger partial charge is 0.308 e. The molecule has 0 heterocycles. The minimum atomic E-state index is -0.966. The van der Waals surface area contributed by atoms with Crippen molar-refractivity contribution in [3.8, 4) is 0 Å². The van der Waals surface area contributed by atoms with Crippen molar-refractivity contribution >= 4 is 27.8 Å². The summed E-state index contributed by atoms with van der Waals surface area (Å²) < 4.78 is 13.9. The van der Waals surface area contributed by atoms with E-state index in [0.29, 0.717) is 10.9 Å². The monoisotopic (exact) mass is 345 g/mol. The largest absolute Gasteiger partial charge is 0.481 e. The fourth-order valence-corrected chi connectivity index (χ4v) is 2.38. The van der Waals surface area contributed by atoms with Gasteiger partial charge in [0, 0.05) is 11.0 Å². The molecule has 1 rings (SSSR count). The average molecular weight is 346 g/mol. The van der Waals surface area contributed by atoms with Crippen molar-refractivity contribution in [1.29, 1.82) is 0 Å².